The Morgan fingerprint density at radius 3 is 2.04 bits per heavy atom. The largest absolute Gasteiger partial charge is 0.372 e. The molecule has 3 rings (SSSR count). The zero-order chi connectivity index (χ0) is 15.4. The van der Waals surface area contributed by atoms with E-state index in [2.05, 4.69) is 53.2 Å². The molecule has 2 heterocycles. The van der Waals surface area contributed by atoms with Crippen molar-refractivity contribution < 1.29 is 0 Å². The first kappa shape index (κ1) is 21.6. The van der Waals surface area contributed by atoms with Crippen molar-refractivity contribution in [1.29, 1.82) is 0 Å². The van der Waals surface area contributed by atoms with Gasteiger partial charge in [0.05, 0.1) is 0 Å². The Labute approximate surface area is 160 Å². The van der Waals surface area contributed by atoms with Crippen LogP contribution in [-0.4, -0.2) is 44.2 Å². The van der Waals surface area contributed by atoms with Gasteiger partial charge < -0.3 is 10.2 Å². The normalized spacial score (nSPS) is 19.7. The van der Waals surface area contributed by atoms with Crippen molar-refractivity contribution in [1.82, 2.24) is 10.2 Å². The minimum absolute atomic E-state index is 0. The Morgan fingerprint density at radius 1 is 0.917 bits per heavy atom. The number of hydrogen-bond donors (Lipinski definition) is 1. The maximum absolute atomic E-state index is 3.47. The van der Waals surface area contributed by atoms with Gasteiger partial charge in [-0.05, 0) is 42.9 Å². The third-order valence-corrected chi connectivity index (χ3v) is 5.04. The lowest BCUT2D eigenvalue weighted by molar-refractivity contribution is 0.154. The van der Waals surface area contributed by atoms with Crippen LogP contribution in [0.25, 0.3) is 0 Å². The quantitative estimate of drug-likeness (QED) is 0.836. The third-order valence-electron chi connectivity index (χ3n) is 5.04. The van der Waals surface area contributed by atoms with Gasteiger partial charge >= 0.3 is 0 Å². The molecule has 2 fully saturated rings. The zero-order valence-electron chi connectivity index (χ0n) is 15.0. The SMILES string of the molecule is CC(C)C[C@H](c1ccc(N2CCCC2)cc1)N1CCNCC1.Cl.Cl. The average Bonchev–Trinajstić information content (AvgIpc) is 3.08. The summed E-state index contributed by atoms with van der Waals surface area (Å²) in [6, 6.07) is 10.0. The van der Waals surface area contributed by atoms with Crippen LogP contribution in [0, 0.1) is 5.92 Å². The van der Waals surface area contributed by atoms with Gasteiger partial charge in [0.1, 0.15) is 0 Å². The van der Waals surface area contributed by atoms with Gasteiger partial charge in [0.15, 0.2) is 0 Å². The van der Waals surface area contributed by atoms with E-state index in [0.717, 1.165) is 19.0 Å². The number of hydrogen-bond acceptors (Lipinski definition) is 3. The standard InChI is InChI=1S/C19H31N3.2ClH/c1-16(2)15-19(22-13-9-20-10-14-22)17-5-7-18(8-6-17)21-11-3-4-12-21;;/h5-8,16,19-20H,3-4,9-15H2,1-2H3;2*1H/t19-;;/m1../s1. The van der Waals surface area contributed by atoms with Gasteiger partial charge in [0.25, 0.3) is 0 Å². The van der Waals surface area contributed by atoms with Crippen molar-refractivity contribution in [2.45, 2.75) is 39.2 Å². The lowest BCUT2D eigenvalue weighted by Crippen LogP contribution is -2.45. The molecule has 24 heavy (non-hydrogen) atoms. The highest BCUT2D eigenvalue weighted by Crippen LogP contribution is 2.30. The van der Waals surface area contributed by atoms with Crippen LogP contribution in [0.1, 0.15) is 44.7 Å². The Balaban J connectivity index is 0.00000144. The molecule has 1 aromatic carbocycles. The van der Waals surface area contributed by atoms with Crippen molar-refractivity contribution in [3.05, 3.63) is 29.8 Å². The topological polar surface area (TPSA) is 18.5 Å². The van der Waals surface area contributed by atoms with Crippen molar-refractivity contribution in [2.24, 2.45) is 5.92 Å². The van der Waals surface area contributed by atoms with E-state index >= 15 is 0 Å². The van der Waals surface area contributed by atoms with Gasteiger partial charge in [-0.2, -0.15) is 0 Å². The number of anilines is 1. The van der Waals surface area contributed by atoms with Crippen molar-refractivity contribution in [2.75, 3.05) is 44.2 Å². The summed E-state index contributed by atoms with van der Waals surface area (Å²) in [5.41, 5.74) is 2.91. The third kappa shape index (κ3) is 5.52. The summed E-state index contributed by atoms with van der Waals surface area (Å²) >= 11 is 0. The predicted molar refractivity (Wildman–Crippen MR) is 109 cm³/mol. The molecule has 0 aromatic heterocycles. The van der Waals surface area contributed by atoms with E-state index in [1.165, 1.54) is 56.7 Å². The molecule has 0 bridgehead atoms. The molecule has 0 radical (unpaired) electrons. The molecule has 138 valence electrons. The van der Waals surface area contributed by atoms with Crippen LogP contribution < -0.4 is 10.2 Å². The van der Waals surface area contributed by atoms with E-state index in [-0.39, 0.29) is 24.8 Å². The molecule has 1 N–H and O–H groups in total. The first-order valence-electron chi connectivity index (χ1n) is 9.04. The van der Waals surface area contributed by atoms with Crippen molar-refractivity contribution in [3.63, 3.8) is 0 Å². The molecule has 5 heteroatoms. The number of nitrogens with one attached hydrogen (secondary N) is 1. The molecule has 2 saturated heterocycles. The molecule has 0 saturated carbocycles. The van der Waals surface area contributed by atoms with Gasteiger partial charge in [-0.1, -0.05) is 26.0 Å². The van der Waals surface area contributed by atoms with E-state index in [1.54, 1.807) is 0 Å². The van der Waals surface area contributed by atoms with Gasteiger partial charge in [-0.25, -0.2) is 0 Å². The Morgan fingerprint density at radius 2 is 1.50 bits per heavy atom. The second kappa shape index (κ2) is 10.5. The number of halogens is 2. The summed E-state index contributed by atoms with van der Waals surface area (Å²) in [4.78, 5) is 5.19. The first-order chi connectivity index (χ1) is 10.7. The molecule has 0 unspecified atom stereocenters. The number of piperazine rings is 1. The fourth-order valence-electron chi connectivity index (χ4n) is 3.82. The molecule has 2 aliphatic heterocycles. The van der Waals surface area contributed by atoms with E-state index < -0.39 is 0 Å². The molecule has 0 spiro atoms. The minimum Gasteiger partial charge on any atom is -0.372 e. The van der Waals surface area contributed by atoms with E-state index in [9.17, 15) is 0 Å². The number of nitrogens with zero attached hydrogens (tertiary/aromatic N) is 2. The van der Waals surface area contributed by atoms with Crippen molar-refractivity contribution >= 4 is 30.5 Å². The van der Waals surface area contributed by atoms with Crippen LogP contribution in [0.3, 0.4) is 0 Å². The average molecular weight is 374 g/mol. The molecular formula is C19H33Cl2N3. The zero-order valence-corrected chi connectivity index (χ0v) is 16.7. The van der Waals surface area contributed by atoms with Crippen LogP contribution in [0.2, 0.25) is 0 Å². The Kier molecular flexibility index (Phi) is 9.43. The van der Waals surface area contributed by atoms with Gasteiger partial charge in [0.2, 0.25) is 0 Å². The molecular weight excluding hydrogens is 341 g/mol. The van der Waals surface area contributed by atoms with E-state index in [4.69, 9.17) is 0 Å². The summed E-state index contributed by atoms with van der Waals surface area (Å²) < 4.78 is 0. The number of benzene rings is 1. The first-order valence-corrected chi connectivity index (χ1v) is 9.04. The fourth-order valence-corrected chi connectivity index (χ4v) is 3.82. The maximum Gasteiger partial charge on any atom is 0.0366 e. The second-order valence-corrected chi connectivity index (χ2v) is 7.22. The fraction of sp³-hybridized carbons (Fsp3) is 0.684. The molecule has 3 nitrogen and oxygen atoms in total. The Bertz CT molecular complexity index is 452. The Hall–Kier alpha value is -0.480. The lowest BCUT2D eigenvalue weighted by Gasteiger charge is -2.36. The molecule has 2 aliphatic rings. The second-order valence-electron chi connectivity index (χ2n) is 7.22. The summed E-state index contributed by atoms with van der Waals surface area (Å²) in [5.74, 6) is 0.734. The van der Waals surface area contributed by atoms with E-state index in [1.807, 2.05) is 0 Å². The van der Waals surface area contributed by atoms with Crippen LogP contribution >= 0.6 is 24.8 Å². The molecule has 1 atom stereocenters. The van der Waals surface area contributed by atoms with Gasteiger partial charge in [0, 0.05) is 51.0 Å². The van der Waals surface area contributed by atoms with Gasteiger partial charge in [-0.15, -0.1) is 24.8 Å². The summed E-state index contributed by atoms with van der Waals surface area (Å²) in [6.07, 6.45) is 3.94. The number of rotatable bonds is 5. The minimum atomic E-state index is 0. The van der Waals surface area contributed by atoms with Crippen LogP contribution in [-0.2, 0) is 0 Å². The molecule has 0 aliphatic carbocycles. The summed E-state index contributed by atoms with van der Waals surface area (Å²) in [7, 11) is 0. The predicted octanol–water partition coefficient (Wildman–Crippen LogP) is 4.12. The van der Waals surface area contributed by atoms with Crippen LogP contribution in [0.15, 0.2) is 24.3 Å². The highest BCUT2D eigenvalue weighted by Gasteiger charge is 2.23. The summed E-state index contributed by atoms with van der Waals surface area (Å²) in [5, 5.41) is 3.47. The van der Waals surface area contributed by atoms with E-state index in [0.29, 0.717) is 6.04 Å². The molecule has 1 aromatic rings. The smallest absolute Gasteiger partial charge is 0.0366 e. The van der Waals surface area contributed by atoms with Crippen LogP contribution in [0.5, 0.6) is 0 Å². The van der Waals surface area contributed by atoms with Crippen LogP contribution in [0.4, 0.5) is 5.69 Å². The highest BCUT2D eigenvalue weighted by atomic mass is 35.5. The lowest BCUT2D eigenvalue weighted by atomic mass is 9.95. The maximum atomic E-state index is 3.47. The molecule has 0 amide bonds. The summed E-state index contributed by atoms with van der Waals surface area (Å²) in [6.45, 7) is 11.7. The monoisotopic (exact) mass is 373 g/mol. The van der Waals surface area contributed by atoms with Gasteiger partial charge in [-0.3, -0.25) is 4.90 Å². The highest BCUT2D eigenvalue weighted by molar-refractivity contribution is 5.85. The van der Waals surface area contributed by atoms with Crippen molar-refractivity contribution in [3.8, 4) is 0 Å².